The molecule has 4 N–H and O–H groups in total. The molecule has 2 aliphatic rings. The summed E-state index contributed by atoms with van der Waals surface area (Å²) in [6, 6.07) is 9.30. The van der Waals surface area contributed by atoms with Gasteiger partial charge in [-0.05, 0) is 37.1 Å². The number of nitrogen functional groups attached to an aromatic ring is 1. The molecule has 0 unspecified atom stereocenters. The van der Waals surface area contributed by atoms with Gasteiger partial charge in [0.15, 0.2) is 5.84 Å². The molecule has 0 aliphatic carbocycles. The van der Waals surface area contributed by atoms with Crippen molar-refractivity contribution in [1.82, 2.24) is 25.2 Å². The minimum absolute atomic E-state index is 0.00493. The topological polar surface area (TPSA) is 148 Å². The minimum Gasteiger partial charge on any atom is -0.481 e. The highest BCUT2D eigenvalue weighted by Gasteiger charge is 2.31. The van der Waals surface area contributed by atoms with Crippen LogP contribution in [-0.4, -0.2) is 69.6 Å². The van der Waals surface area contributed by atoms with Gasteiger partial charge in [-0.3, -0.25) is 4.90 Å². The van der Waals surface area contributed by atoms with Gasteiger partial charge < -0.3 is 25.7 Å². The van der Waals surface area contributed by atoms with Gasteiger partial charge in [0.25, 0.3) is 0 Å². The van der Waals surface area contributed by atoms with E-state index in [1.165, 1.54) is 19.2 Å². The van der Waals surface area contributed by atoms with Crippen LogP contribution in [0.3, 0.4) is 0 Å². The van der Waals surface area contributed by atoms with Crippen LogP contribution in [0.1, 0.15) is 35.0 Å². The van der Waals surface area contributed by atoms with E-state index in [9.17, 15) is 14.3 Å². The maximum absolute atomic E-state index is 14.4. The third-order valence-electron chi connectivity index (χ3n) is 6.57. The summed E-state index contributed by atoms with van der Waals surface area (Å²) in [6.07, 6.45) is 0.554. The van der Waals surface area contributed by atoms with Gasteiger partial charge >= 0.3 is 5.97 Å². The Balaban J connectivity index is 1.49. The molecule has 5 rings (SSSR count). The first-order chi connectivity index (χ1) is 18.3. The lowest BCUT2D eigenvalue weighted by Gasteiger charge is -2.29. The first-order valence-corrected chi connectivity index (χ1v) is 12.2. The van der Waals surface area contributed by atoms with Crippen molar-refractivity contribution in [3.8, 4) is 17.1 Å². The first kappa shape index (κ1) is 25.5. The Hall–Kier alpha value is -4.16. The van der Waals surface area contributed by atoms with Crippen LogP contribution in [0, 0.1) is 12.7 Å². The number of amidine groups is 1. The molecule has 1 fully saturated rings. The van der Waals surface area contributed by atoms with Crippen molar-refractivity contribution in [2.24, 2.45) is 5.16 Å². The van der Waals surface area contributed by atoms with Crippen LogP contribution in [0.25, 0.3) is 11.3 Å². The predicted octanol–water partition coefficient (Wildman–Crippen LogP) is 1.74. The fraction of sp³-hybridized carbons (Fsp3) is 0.346. The predicted molar refractivity (Wildman–Crippen MR) is 137 cm³/mol. The van der Waals surface area contributed by atoms with Crippen molar-refractivity contribution in [3.63, 3.8) is 0 Å². The quantitative estimate of drug-likeness (QED) is 0.324. The van der Waals surface area contributed by atoms with E-state index >= 15 is 0 Å². The van der Waals surface area contributed by atoms with Crippen LogP contribution in [0.4, 0.5) is 10.3 Å². The van der Waals surface area contributed by atoms with E-state index in [1.54, 1.807) is 36.1 Å². The molecule has 0 radical (unpaired) electrons. The molecule has 2 aromatic heterocycles. The van der Waals surface area contributed by atoms with Gasteiger partial charge in [-0.2, -0.15) is 0 Å². The number of likely N-dealkylation sites (tertiary alicyclic amines) is 1. The lowest BCUT2D eigenvalue weighted by molar-refractivity contribution is -0.144. The minimum atomic E-state index is -0.561. The molecule has 0 bridgehead atoms. The number of β-amino-alcohol motifs (C(OH)–C–C–N with tert-alkyl or cyclic N) is 1. The summed E-state index contributed by atoms with van der Waals surface area (Å²) < 4.78 is 19.6. The number of oxime groups is 1. The van der Waals surface area contributed by atoms with Crippen molar-refractivity contribution >= 4 is 17.8 Å². The second-order valence-electron chi connectivity index (χ2n) is 9.27. The van der Waals surface area contributed by atoms with Gasteiger partial charge in [0.2, 0.25) is 11.8 Å². The number of methoxy groups -OCH3 is 1. The number of rotatable bonds is 6. The van der Waals surface area contributed by atoms with Crippen molar-refractivity contribution in [1.29, 1.82) is 0 Å². The first-order valence-electron chi connectivity index (χ1n) is 12.2. The highest BCUT2D eigenvalue weighted by atomic mass is 19.1. The van der Waals surface area contributed by atoms with Gasteiger partial charge in [0, 0.05) is 31.1 Å². The van der Waals surface area contributed by atoms with Crippen LogP contribution in [0.2, 0.25) is 0 Å². The molecule has 2 atom stereocenters. The summed E-state index contributed by atoms with van der Waals surface area (Å²) in [6.45, 7) is 2.79. The zero-order valence-electron chi connectivity index (χ0n) is 21.0. The van der Waals surface area contributed by atoms with Gasteiger partial charge in [0.1, 0.15) is 5.82 Å². The monoisotopic (exact) mass is 521 g/mol. The van der Waals surface area contributed by atoms with Crippen LogP contribution in [-0.2, 0) is 16.1 Å². The third-order valence-corrected chi connectivity index (χ3v) is 6.57. The number of nitrogens with zero attached hydrogens (tertiary/aromatic N) is 5. The number of aliphatic hydroxyl groups excluding tert-OH is 1. The summed E-state index contributed by atoms with van der Waals surface area (Å²) in [5.41, 5.74) is 9.54. The fourth-order valence-corrected chi connectivity index (χ4v) is 4.85. The molecule has 0 spiro atoms. The number of carbonyl (C=O) groups is 1. The van der Waals surface area contributed by atoms with Gasteiger partial charge in [0.05, 0.1) is 48.4 Å². The second-order valence-corrected chi connectivity index (χ2v) is 9.27. The Morgan fingerprint density at radius 1 is 1.29 bits per heavy atom. The molecule has 0 amide bonds. The highest BCUT2D eigenvalue weighted by molar-refractivity contribution is 6.02. The molecule has 12 heteroatoms. The number of nitrogens with one attached hydrogen (secondary N) is 1. The van der Waals surface area contributed by atoms with Crippen molar-refractivity contribution in [3.05, 3.63) is 64.7 Å². The SMILES string of the molecule is COc1cccc(-c2cc(F)ccc2[C@H]2Cc3nc(N)nc(C)c3C(=NOC(=O)CN3CC[C@H](O)C3)N2)n1. The number of hydrogen-bond donors (Lipinski definition) is 3. The van der Waals surface area contributed by atoms with Gasteiger partial charge in [-0.15, -0.1) is 0 Å². The summed E-state index contributed by atoms with van der Waals surface area (Å²) >= 11 is 0. The molecule has 38 heavy (non-hydrogen) atoms. The number of ether oxygens (including phenoxy) is 1. The van der Waals surface area contributed by atoms with E-state index in [2.05, 4.69) is 25.4 Å². The normalized spacial score (nSPS) is 20.2. The maximum atomic E-state index is 14.4. The van der Waals surface area contributed by atoms with E-state index < -0.39 is 23.9 Å². The summed E-state index contributed by atoms with van der Waals surface area (Å²) in [5, 5.41) is 17.2. The van der Waals surface area contributed by atoms with Crippen LogP contribution in [0.5, 0.6) is 5.88 Å². The lowest BCUT2D eigenvalue weighted by atomic mass is 9.90. The van der Waals surface area contributed by atoms with Crippen LogP contribution < -0.4 is 15.8 Å². The molecule has 11 nitrogen and oxygen atoms in total. The number of aliphatic hydroxyl groups is 1. The fourth-order valence-electron chi connectivity index (χ4n) is 4.85. The molecular formula is C26H28FN7O4. The molecule has 1 aromatic carbocycles. The van der Waals surface area contributed by atoms with E-state index in [1.807, 2.05) is 0 Å². The number of carbonyl (C=O) groups excluding carboxylic acids is 1. The number of hydrogen-bond acceptors (Lipinski definition) is 10. The maximum Gasteiger partial charge on any atom is 0.348 e. The van der Waals surface area contributed by atoms with E-state index in [4.69, 9.17) is 15.3 Å². The molecule has 4 heterocycles. The number of nitrogens with two attached hydrogens (primary N) is 1. The van der Waals surface area contributed by atoms with Crippen molar-refractivity contribution in [2.45, 2.75) is 31.9 Å². The Morgan fingerprint density at radius 3 is 2.89 bits per heavy atom. The van der Waals surface area contributed by atoms with Crippen LogP contribution in [0.15, 0.2) is 41.6 Å². The Kier molecular flexibility index (Phi) is 7.16. The summed E-state index contributed by atoms with van der Waals surface area (Å²) in [4.78, 5) is 32.7. The average Bonchev–Trinajstić information content (AvgIpc) is 3.30. The number of pyridine rings is 1. The lowest BCUT2D eigenvalue weighted by Crippen LogP contribution is -2.38. The molecule has 3 aromatic rings. The number of aromatic nitrogens is 3. The second kappa shape index (κ2) is 10.7. The number of halogens is 1. The number of aryl methyl sites for hydroxylation is 1. The van der Waals surface area contributed by atoms with Crippen molar-refractivity contribution in [2.75, 3.05) is 32.5 Å². The molecular weight excluding hydrogens is 493 g/mol. The molecule has 2 aliphatic heterocycles. The third kappa shape index (κ3) is 5.41. The van der Waals surface area contributed by atoms with Crippen molar-refractivity contribution < 1.29 is 23.9 Å². The van der Waals surface area contributed by atoms with Gasteiger partial charge in [-0.25, -0.2) is 24.1 Å². The summed E-state index contributed by atoms with van der Waals surface area (Å²) in [5.74, 6) is -0.205. The molecule has 198 valence electrons. The van der Waals surface area contributed by atoms with Gasteiger partial charge in [-0.1, -0.05) is 17.3 Å². The zero-order chi connectivity index (χ0) is 26.8. The Morgan fingerprint density at radius 2 is 2.13 bits per heavy atom. The largest absolute Gasteiger partial charge is 0.481 e. The standard InChI is InChI=1S/C26H28FN7O4/c1-14-24-21(32-26(28)29-14)11-20(31-25(24)33-38-23(36)13-34-9-8-16(35)12-34)17-7-6-15(27)10-18(17)19-4-3-5-22(30-19)37-2/h3-7,10,16,20,35H,8-9,11-13H2,1-2H3,(H,31,33)(H2,28,29,32)/t16-,20+/m0/s1. The van der Waals surface area contributed by atoms with E-state index in [0.717, 1.165) is 5.56 Å². The number of anilines is 1. The average molecular weight is 522 g/mol. The van der Waals surface area contributed by atoms with E-state index in [-0.39, 0.29) is 18.3 Å². The zero-order valence-corrected chi connectivity index (χ0v) is 21.0. The number of benzene rings is 1. The number of fused-ring (bicyclic) bond motifs is 1. The highest BCUT2D eigenvalue weighted by Crippen LogP contribution is 2.34. The Bertz CT molecular complexity index is 1400. The summed E-state index contributed by atoms with van der Waals surface area (Å²) in [7, 11) is 1.51. The molecule has 0 saturated carbocycles. The van der Waals surface area contributed by atoms with E-state index in [0.29, 0.717) is 60.0 Å². The molecule has 1 saturated heterocycles. The smallest absolute Gasteiger partial charge is 0.348 e. The Labute approximate surface area is 218 Å². The van der Waals surface area contributed by atoms with Crippen LogP contribution >= 0.6 is 0 Å².